The van der Waals surface area contributed by atoms with Crippen molar-refractivity contribution in [3.63, 3.8) is 0 Å². The third-order valence-corrected chi connectivity index (χ3v) is 9.21. The fourth-order valence-corrected chi connectivity index (χ4v) is 1.67. The topological polar surface area (TPSA) is 0 Å². The van der Waals surface area contributed by atoms with E-state index in [4.69, 9.17) is 0 Å². The maximum Gasteiger partial charge on any atom is -0.0359 e. The molecule has 63 heavy (non-hydrogen) atoms. The first-order chi connectivity index (χ1) is 28.5. The van der Waals surface area contributed by atoms with Gasteiger partial charge in [0.15, 0.2) is 0 Å². The monoisotopic (exact) mass is 909 g/mol. The van der Waals surface area contributed by atoms with Gasteiger partial charge in [-0.25, -0.2) is 0 Å². The summed E-state index contributed by atoms with van der Waals surface area (Å²) < 4.78 is 0. The molecule has 0 bridgehead atoms. The molecule has 0 aromatic heterocycles. The minimum atomic E-state index is 0.500. The van der Waals surface area contributed by atoms with Crippen LogP contribution in [0.4, 0.5) is 0 Å². The predicted molar refractivity (Wildman–Crippen MR) is 318 cm³/mol. The molecule has 0 aromatic carbocycles. The maximum atomic E-state index is 2.34. The smallest absolute Gasteiger partial charge is 0.0359 e. The fourth-order valence-electron chi connectivity index (χ4n) is 1.67. The van der Waals surface area contributed by atoms with Crippen molar-refractivity contribution >= 4 is 0 Å². The molecular weight excluding hydrogens is 757 g/mol. The highest BCUT2D eigenvalue weighted by Crippen LogP contribution is 2.23. The minimum absolute atomic E-state index is 0.500. The van der Waals surface area contributed by atoms with Crippen molar-refractivity contribution in [1.82, 2.24) is 0 Å². The summed E-state index contributed by atoms with van der Waals surface area (Å²) in [5, 5.41) is 0. The van der Waals surface area contributed by atoms with Gasteiger partial charge in [-0.1, -0.05) is 366 Å². The van der Waals surface area contributed by atoms with Gasteiger partial charge in [0.1, 0.15) is 0 Å². The highest BCUT2D eigenvalue weighted by atomic mass is 14.2. The summed E-state index contributed by atoms with van der Waals surface area (Å²) in [6.45, 7) is 85.2. The van der Waals surface area contributed by atoms with E-state index in [0.717, 1.165) is 29.6 Å². The molecule has 0 aromatic rings. The normalized spacial score (nSPS) is 11.1. The summed E-state index contributed by atoms with van der Waals surface area (Å²) in [7, 11) is 0. The molecule has 0 heteroatoms. The molecule has 0 radical (unpaired) electrons. The summed E-state index contributed by atoms with van der Waals surface area (Å²) in [6, 6.07) is 0. The van der Waals surface area contributed by atoms with Crippen LogP contribution in [-0.2, 0) is 0 Å². The molecule has 0 aliphatic heterocycles. The van der Waals surface area contributed by atoms with Gasteiger partial charge >= 0.3 is 0 Å². The van der Waals surface area contributed by atoms with Gasteiger partial charge in [-0.2, -0.15) is 0 Å². The second-order valence-electron chi connectivity index (χ2n) is 23.1. The number of unbranched alkanes of at least 4 members (excludes halogenated alkanes) is 1. The van der Waals surface area contributed by atoms with Gasteiger partial charge < -0.3 is 0 Å². The zero-order valence-corrected chi connectivity index (χ0v) is 54.5. The van der Waals surface area contributed by atoms with Crippen LogP contribution in [0.3, 0.4) is 0 Å². The molecule has 0 nitrogen and oxygen atoms in total. The Morgan fingerprint density at radius 1 is 0.381 bits per heavy atom. The van der Waals surface area contributed by atoms with Crippen LogP contribution in [0.25, 0.3) is 0 Å². The van der Waals surface area contributed by atoms with Crippen molar-refractivity contribution in [1.29, 1.82) is 0 Å². The Morgan fingerprint density at radius 2 is 0.540 bits per heavy atom. The summed E-state index contributed by atoms with van der Waals surface area (Å²) in [4.78, 5) is 0. The Bertz CT molecular complexity index is 534. The van der Waals surface area contributed by atoms with E-state index < -0.39 is 0 Å². The molecule has 1 fully saturated rings. The molecular formula is C63H152. The van der Waals surface area contributed by atoms with Crippen LogP contribution in [0.15, 0.2) is 0 Å². The Labute approximate surface area is 415 Å². The Kier molecular flexibility index (Phi) is 122. The third kappa shape index (κ3) is 285. The molecule has 0 amide bonds. The largest absolute Gasteiger partial charge is 0.0683 e. The SMILES string of the molecule is CC.CC.CC.CC(C)(C)C.CC(C)C.CC1CCCC1.CCC.CCC(C)(C)C.CCC(C)(C)C.CCC(C)(C)CC.CCC(C)C.CCC(C)C.CCC(C)CC.CCCC. The first-order valence-corrected chi connectivity index (χ1v) is 28.5. The summed E-state index contributed by atoms with van der Waals surface area (Å²) in [6.07, 6.45) is 20.2. The van der Waals surface area contributed by atoms with Crippen molar-refractivity contribution in [3.8, 4) is 0 Å². The van der Waals surface area contributed by atoms with Crippen LogP contribution < -0.4 is 0 Å². The van der Waals surface area contributed by atoms with Gasteiger partial charge in [0.2, 0.25) is 0 Å². The van der Waals surface area contributed by atoms with E-state index in [1.807, 2.05) is 41.5 Å². The van der Waals surface area contributed by atoms with E-state index in [9.17, 15) is 0 Å². The van der Waals surface area contributed by atoms with Crippen LogP contribution in [0, 0.1) is 51.2 Å². The van der Waals surface area contributed by atoms with Crippen LogP contribution >= 0.6 is 0 Å². The average molecular weight is 910 g/mol. The predicted octanol–water partition coefficient (Wildman–Crippen LogP) is 26.5. The lowest BCUT2D eigenvalue weighted by Gasteiger charge is -2.18. The molecule has 1 rings (SSSR count). The maximum absolute atomic E-state index is 2.34. The summed E-state index contributed by atoms with van der Waals surface area (Å²) in [5.74, 6) is 4.58. The lowest BCUT2D eigenvalue weighted by atomic mass is 9.88. The summed E-state index contributed by atoms with van der Waals surface area (Å²) in [5.41, 5.74) is 2.17. The van der Waals surface area contributed by atoms with Gasteiger partial charge in [-0.3, -0.25) is 0 Å². The molecule has 1 saturated carbocycles. The molecule has 0 spiro atoms. The first kappa shape index (κ1) is 96.9. The Morgan fingerprint density at radius 3 is 0.556 bits per heavy atom. The fraction of sp³-hybridized carbons (Fsp3) is 1.00. The first-order valence-electron chi connectivity index (χ1n) is 28.5. The highest BCUT2D eigenvalue weighted by molar-refractivity contribution is 4.62. The van der Waals surface area contributed by atoms with Crippen molar-refractivity contribution in [3.05, 3.63) is 0 Å². The van der Waals surface area contributed by atoms with E-state index in [-0.39, 0.29) is 0 Å². The van der Waals surface area contributed by atoms with Crippen LogP contribution in [0.2, 0.25) is 0 Å². The Hall–Kier alpha value is 0. The van der Waals surface area contributed by atoms with Crippen molar-refractivity contribution in [2.24, 2.45) is 51.2 Å². The zero-order valence-electron chi connectivity index (χ0n) is 54.5. The third-order valence-electron chi connectivity index (χ3n) is 9.21. The van der Waals surface area contributed by atoms with Crippen LogP contribution in [-0.4, -0.2) is 0 Å². The minimum Gasteiger partial charge on any atom is -0.0683 e. The second-order valence-corrected chi connectivity index (χ2v) is 23.1. The zero-order chi connectivity index (χ0) is 54.5. The van der Waals surface area contributed by atoms with E-state index in [2.05, 4.69) is 228 Å². The van der Waals surface area contributed by atoms with Crippen molar-refractivity contribution < 1.29 is 0 Å². The van der Waals surface area contributed by atoms with Crippen LogP contribution in [0.1, 0.15) is 366 Å². The van der Waals surface area contributed by atoms with E-state index in [1.165, 1.54) is 96.3 Å². The quantitative estimate of drug-likeness (QED) is 0.239. The molecule has 1 aliphatic rings. The molecule has 404 valence electrons. The highest BCUT2D eigenvalue weighted by Gasteiger charge is 2.10. The number of hydrogen-bond donors (Lipinski definition) is 0. The van der Waals surface area contributed by atoms with E-state index in [0.29, 0.717) is 21.7 Å². The van der Waals surface area contributed by atoms with E-state index in [1.54, 1.807) is 0 Å². The van der Waals surface area contributed by atoms with Crippen molar-refractivity contribution in [2.45, 2.75) is 366 Å². The second kappa shape index (κ2) is 79.1. The number of hydrogen-bond acceptors (Lipinski definition) is 0. The number of rotatable bonds is 7. The van der Waals surface area contributed by atoms with Gasteiger partial charge in [-0.15, -0.1) is 0 Å². The van der Waals surface area contributed by atoms with Gasteiger partial charge in [0.05, 0.1) is 0 Å². The van der Waals surface area contributed by atoms with Crippen molar-refractivity contribution in [2.75, 3.05) is 0 Å². The molecule has 0 atom stereocenters. The van der Waals surface area contributed by atoms with Crippen LogP contribution in [0.5, 0.6) is 0 Å². The van der Waals surface area contributed by atoms with E-state index >= 15 is 0 Å². The lowest BCUT2D eigenvalue weighted by molar-refractivity contribution is 0.338. The Balaban J connectivity index is -0.0000000394. The average Bonchev–Trinajstić information content (AvgIpc) is 3.70. The summed E-state index contributed by atoms with van der Waals surface area (Å²) >= 11 is 0. The van der Waals surface area contributed by atoms with Gasteiger partial charge in [-0.05, 0) is 51.2 Å². The molecule has 0 unspecified atom stereocenters. The standard InChI is InChI=1S/C7H16.C6H12.3C6H14.3C5H12.2C4H10.C3H8.3C2H6/c1-5-7(3,4)6-2;1-6-4-2-3-5-6;2*1-5-6(2,3)4;1-4-6(3)5-2;1-5(2,3)4;2*1-4-5(2)3;1-4(2)3;1-3-4-2;1-3-2;3*1-2/h5-6H2,1-4H3;6H,2-5H2,1H3;2*5H2,1-4H3;6H,4-5H2,1-3H3;1-4H3;2*5H,4H2,1-3H3;4H,1-3H3;3-4H2,1-2H3;3H2,1-2H3;3*1-2H3. The van der Waals surface area contributed by atoms with Gasteiger partial charge in [0.25, 0.3) is 0 Å². The molecule has 0 heterocycles. The molecule has 0 N–H and O–H groups in total. The molecule has 0 saturated heterocycles. The lowest BCUT2D eigenvalue weighted by Crippen LogP contribution is -2.05. The molecule has 1 aliphatic carbocycles. The van der Waals surface area contributed by atoms with Gasteiger partial charge in [0, 0.05) is 0 Å².